The van der Waals surface area contributed by atoms with E-state index >= 15 is 0 Å². The number of phenols is 2. The highest BCUT2D eigenvalue weighted by Crippen LogP contribution is 2.38. The number of hydrogen-bond donors (Lipinski definition) is 2. The molecule has 0 bridgehead atoms. The Labute approximate surface area is 202 Å². The van der Waals surface area contributed by atoms with E-state index in [0.717, 1.165) is 61.5 Å². The predicted molar refractivity (Wildman–Crippen MR) is 134 cm³/mol. The van der Waals surface area contributed by atoms with Crippen molar-refractivity contribution in [3.63, 3.8) is 0 Å². The van der Waals surface area contributed by atoms with Crippen molar-refractivity contribution in [1.82, 2.24) is 9.80 Å². The lowest BCUT2D eigenvalue weighted by molar-refractivity contribution is 0.0745. The van der Waals surface area contributed by atoms with Gasteiger partial charge in [-0.25, -0.2) is 0 Å². The highest BCUT2D eigenvalue weighted by Gasteiger charge is 2.24. The molecule has 2 N–H and O–H groups in total. The molecule has 0 spiro atoms. The lowest BCUT2D eigenvalue weighted by Gasteiger charge is -2.36. The molecular formula is C26H36Cl2N2O2. The molecule has 0 atom stereocenters. The average Bonchev–Trinajstić information content (AvgIpc) is 2.65. The van der Waals surface area contributed by atoms with Crippen LogP contribution in [0.25, 0.3) is 0 Å². The molecular weight excluding hydrogens is 443 g/mol. The van der Waals surface area contributed by atoms with Crippen molar-refractivity contribution in [2.24, 2.45) is 0 Å². The first-order valence-electron chi connectivity index (χ1n) is 11.2. The maximum absolute atomic E-state index is 10.4. The summed E-state index contributed by atoms with van der Waals surface area (Å²) >= 11 is 12.7. The second kappa shape index (κ2) is 9.42. The SMILES string of the molecule is CC(C)(C)c1cc(CN2CCCN(Cc3cc(Cl)c(O)c(C(C)(C)C)c3)C2)cc(Cl)c1O. The Morgan fingerprint density at radius 1 is 0.719 bits per heavy atom. The van der Waals surface area contributed by atoms with E-state index in [1.165, 1.54) is 0 Å². The molecule has 0 saturated carbocycles. The fourth-order valence-corrected chi connectivity index (χ4v) is 4.84. The van der Waals surface area contributed by atoms with Gasteiger partial charge in [0.2, 0.25) is 0 Å². The Kier molecular flexibility index (Phi) is 7.41. The van der Waals surface area contributed by atoms with Crippen molar-refractivity contribution in [2.45, 2.75) is 71.9 Å². The Morgan fingerprint density at radius 3 is 1.44 bits per heavy atom. The Bertz CT molecular complexity index is 900. The molecule has 0 aromatic heterocycles. The molecule has 2 aromatic carbocycles. The normalized spacial score (nSPS) is 16.5. The van der Waals surface area contributed by atoms with Crippen LogP contribution in [-0.4, -0.2) is 39.8 Å². The summed E-state index contributed by atoms with van der Waals surface area (Å²) in [4.78, 5) is 4.82. The number of nitrogens with zero attached hydrogens (tertiary/aromatic N) is 2. The van der Waals surface area contributed by atoms with Crippen LogP contribution in [-0.2, 0) is 23.9 Å². The highest BCUT2D eigenvalue weighted by atomic mass is 35.5. The van der Waals surface area contributed by atoms with E-state index in [9.17, 15) is 10.2 Å². The second-order valence-corrected chi connectivity index (χ2v) is 11.9. The molecule has 1 fully saturated rings. The molecule has 1 heterocycles. The Morgan fingerprint density at radius 2 is 1.09 bits per heavy atom. The predicted octanol–water partition coefficient (Wildman–Crippen LogP) is 6.67. The van der Waals surface area contributed by atoms with Gasteiger partial charge in [0.1, 0.15) is 11.5 Å². The third kappa shape index (κ3) is 5.91. The standard InChI is InChI=1S/C26H36Cl2N2O2/c1-25(2,3)19-10-17(12-21(27)23(19)31)14-29-8-7-9-30(16-29)15-18-11-20(26(4,5)6)24(32)22(28)13-18/h10-13,31-32H,7-9,14-16H2,1-6H3. The summed E-state index contributed by atoms with van der Waals surface area (Å²) in [6.07, 6.45) is 1.08. The van der Waals surface area contributed by atoms with E-state index in [-0.39, 0.29) is 22.3 Å². The zero-order valence-corrected chi connectivity index (χ0v) is 21.6. The summed E-state index contributed by atoms with van der Waals surface area (Å²) in [5, 5.41) is 21.6. The number of benzene rings is 2. The van der Waals surface area contributed by atoms with Crippen molar-refractivity contribution in [1.29, 1.82) is 0 Å². The summed E-state index contributed by atoms with van der Waals surface area (Å²) in [5.74, 6) is 0.365. The van der Waals surface area contributed by atoms with Crippen molar-refractivity contribution in [3.05, 3.63) is 56.6 Å². The quantitative estimate of drug-likeness (QED) is 0.515. The molecule has 0 unspecified atom stereocenters. The topological polar surface area (TPSA) is 46.9 Å². The number of hydrogen-bond acceptors (Lipinski definition) is 4. The first-order chi connectivity index (χ1) is 14.8. The van der Waals surface area contributed by atoms with Gasteiger partial charge in [0, 0.05) is 37.3 Å². The smallest absolute Gasteiger partial charge is 0.137 e. The van der Waals surface area contributed by atoms with Crippen LogP contribution in [0.3, 0.4) is 0 Å². The summed E-state index contributed by atoms with van der Waals surface area (Å²) in [6, 6.07) is 7.91. The van der Waals surface area contributed by atoms with Gasteiger partial charge < -0.3 is 10.2 Å². The number of aromatic hydroxyl groups is 2. The van der Waals surface area contributed by atoms with Crippen molar-refractivity contribution in [2.75, 3.05) is 19.8 Å². The molecule has 1 aliphatic rings. The number of rotatable bonds is 4. The van der Waals surface area contributed by atoms with Gasteiger partial charge in [0.15, 0.2) is 0 Å². The Balaban J connectivity index is 1.75. The fraction of sp³-hybridized carbons (Fsp3) is 0.538. The van der Waals surface area contributed by atoms with Crippen LogP contribution in [0.2, 0.25) is 10.0 Å². The fourth-order valence-electron chi connectivity index (χ4n) is 4.35. The molecule has 0 amide bonds. The second-order valence-electron chi connectivity index (χ2n) is 11.0. The Hall–Kier alpha value is -1.46. The molecule has 0 radical (unpaired) electrons. The minimum atomic E-state index is -0.180. The summed E-state index contributed by atoms with van der Waals surface area (Å²) < 4.78 is 0. The first kappa shape index (κ1) is 25.2. The van der Waals surface area contributed by atoms with Crippen molar-refractivity contribution >= 4 is 23.2 Å². The maximum atomic E-state index is 10.4. The van der Waals surface area contributed by atoms with E-state index in [2.05, 4.69) is 63.5 Å². The van der Waals surface area contributed by atoms with Gasteiger partial charge in [-0.2, -0.15) is 0 Å². The average molecular weight is 479 g/mol. The maximum Gasteiger partial charge on any atom is 0.137 e. The van der Waals surface area contributed by atoms with Gasteiger partial charge in [-0.15, -0.1) is 0 Å². The molecule has 176 valence electrons. The lowest BCUT2D eigenvalue weighted by atomic mass is 9.85. The van der Waals surface area contributed by atoms with Crippen LogP contribution in [0.5, 0.6) is 11.5 Å². The van der Waals surface area contributed by atoms with E-state index in [1.54, 1.807) is 0 Å². The van der Waals surface area contributed by atoms with Crippen LogP contribution < -0.4 is 0 Å². The molecule has 3 rings (SSSR count). The van der Waals surface area contributed by atoms with Crippen LogP contribution in [0, 0.1) is 0 Å². The zero-order chi connectivity index (χ0) is 23.8. The molecule has 6 heteroatoms. The van der Waals surface area contributed by atoms with E-state index in [0.29, 0.717) is 10.0 Å². The van der Waals surface area contributed by atoms with Crippen LogP contribution in [0.1, 0.15) is 70.2 Å². The molecule has 32 heavy (non-hydrogen) atoms. The zero-order valence-electron chi connectivity index (χ0n) is 20.1. The summed E-state index contributed by atoms with van der Waals surface area (Å²) in [7, 11) is 0. The largest absolute Gasteiger partial charge is 0.506 e. The van der Waals surface area contributed by atoms with Crippen molar-refractivity contribution < 1.29 is 10.2 Å². The minimum absolute atomic E-state index is 0.180. The van der Waals surface area contributed by atoms with Crippen molar-refractivity contribution in [3.8, 4) is 11.5 Å². The summed E-state index contributed by atoms with van der Waals surface area (Å²) in [6.45, 7) is 16.9. The number of phenolic OH excluding ortho intramolecular Hbond substituents is 2. The minimum Gasteiger partial charge on any atom is -0.506 e. The monoisotopic (exact) mass is 478 g/mol. The summed E-state index contributed by atoms with van der Waals surface area (Å²) in [5.41, 5.74) is 3.62. The molecule has 4 nitrogen and oxygen atoms in total. The van der Waals surface area contributed by atoms with E-state index < -0.39 is 0 Å². The van der Waals surface area contributed by atoms with E-state index in [1.807, 2.05) is 12.1 Å². The van der Waals surface area contributed by atoms with Gasteiger partial charge in [-0.3, -0.25) is 9.80 Å². The van der Waals surface area contributed by atoms with Gasteiger partial charge in [-0.1, -0.05) is 76.9 Å². The lowest BCUT2D eigenvalue weighted by Crippen LogP contribution is -2.43. The van der Waals surface area contributed by atoms with Crippen LogP contribution >= 0.6 is 23.2 Å². The van der Waals surface area contributed by atoms with Crippen LogP contribution in [0.4, 0.5) is 0 Å². The third-order valence-corrected chi connectivity index (χ3v) is 6.60. The van der Waals surface area contributed by atoms with E-state index in [4.69, 9.17) is 23.2 Å². The molecule has 0 aliphatic carbocycles. The van der Waals surface area contributed by atoms with Gasteiger partial charge >= 0.3 is 0 Å². The van der Waals surface area contributed by atoms with Gasteiger partial charge in [0.05, 0.1) is 16.7 Å². The molecule has 2 aromatic rings. The molecule has 1 saturated heterocycles. The van der Waals surface area contributed by atoms with Gasteiger partial charge in [0.25, 0.3) is 0 Å². The first-order valence-corrected chi connectivity index (χ1v) is 12.0. The van der Waals surface area contributed by atoms with Gasteiger partial charge in [-0.05, 0) is 40.5 Å². The molecule has 1 aliphatic heterocycles. The highest BCUT2D eigenvalue weighted by molar-refractivity contribution is 6.32. The third-order valence-electron chi connectivity index (χ3n) is 6.02. The van der Waals surface area contributed by atoms with Crippen LogP contribution in [0.15, 0.2) is 24.3 Å². The number of halogens is 2.